The van der Waals surface area contributed by atoms with Crippen molar-refractivity contribution in [2.75, 3.05) is 6.54 Å². The molecule has 1 aliphatic heterocycles. The summed E-state index contributed by atoms with van der Waals surface area (Å²) in [6, 6.07) is 0.397. The van der Waals surface area contributed by atoms with E-state index in [4.69, 9.17) is 0 Å². The molecule has 2 aliphatic carbocycles. The van der Waals surface area contributed by atoms with Crippen molar-refractivity contribution in [1.29, 1.82) is 0 Å². The minimum atomic E-state index is 0.0368. The summed E-state index contributed by atoms with van der Waals surface area (Å²) in [7, 11) is 0. The number of piperidine rings is 1. The monoisotopic (exact) mass is 264 g/mol. The van der Waals surface area contributed by atoms with Crippen molar-refractivity contribution < 1.29 is 4.79 Å². The van der Waals surface area contributed by atoms with Crippen LogP contribution >= 0.6 is 0 Å². The lowest BCUT2D eigenvalue weighted by Crippen LogP contribution is -2.54. The van der Waals surface area contributed by atoms with Crippen LogP contribution in [0.15, 0.2) is 0 Å². The van der Waals surface area contributed by atoms with Crippen molar-refractivity contribution in [3.8, 4) is 0 Å². The summed E-state index contributed by atoms with van der Waals surface area (Å²) in [6.07, 6.45) is 7.97. The highest BCUT2D eigenvalue weighted by Crippen LogP contribution is 2.49. The SMILES string of the molecule is CC1CCCNC1C(=O)NC(C)C1CC2CCC1C2. The molecule has 6 unspecified atom stereocenters. The number of amides is 1. The van der Waals surface area contributed by atoms with E-state index in [-0.39, 0.29) is 11.9 Å². The molecule has 1 heterocycles. The molecule has 6 atom stereocenters. The van der Waals surface area contributed by atoms with E-state index in [9.17, 15) is 4.79 Å². The topological polar surface area (TPSA) is 41.1 Å². The summed E-state index contributed by atoms with van der Waals surface area (Å²) in [5.41, 5.74) is 0. The van der Waals surface area contributed by atoms with Crippen LogP contribution in [-0.2, 0) is 4.79 Å². The Morgan fingerprint density at radius 1 is 1.26 bits per heavy atom. The van der Waals surface area contributed by atoms with Crippen LogP contribution in [0.25, 0.3) is 0 Å². The zero-order valence-corrected chi connectivity index (χ0v) is 12.3. The third-order valence-corrected chi connectivity index (χ3v) is 5.86. The Bertz CT molecular complexity index is 344. The highest BCUT2D eigenvalue weighted by molar-refractivity contribution is 5.82. The normalized spacial score (nSPS) is 43.2. The minimum Gasteiger partial charge on any atom is -0.352 e. The molecule has 1 amide bonds. The average Bonchev–Trinajstić information content (AvgIpc) is 3.01. The maximum absolute atomic E-state index is 12.4. The molecule has 2 saturated carbocycles. The summed E-state index contributed by atoms with van der Waals surface area (Å²) in [5.74, 6) is 3.29. The molecule has 1 saturated heterocycles. The van der Waals surface area contributed by atoms with Crippen LogP contribution in [0.3, 0.4) is 0 Å². The van der Waals surface area contributed by atoms with Crippen LogP contribution < -0.4 is 10.6 Å². The van der Waals surface area contributed by atoms with Crippen molar-refractivity contribution in [3.05, 3.63) is 0 Å². The Morgan fingerprint density at radius 3 is 2.74 bits per heavy atom. The lowest BCUT2D eigenvalue weighted by Gasteiger charge is -2.33. The number of hydrogen-bond acceptors (Lipinski definition) is 2. The van der Waals surface area contributed by atoms with E-state index in [1.54, 1.807) is 0 Å². The molecule has 3 nitrogen and oxygen atoms in total. The minimum absolute atomic E-state index is 0.0368. The first-order chi connectivity index (χ1) is 9.15. The maximum atomic E-state index is 12.4. The molecule has 19 heavy (non-hydrogen) atoms. The van der Waals surface area contributed by atoms with Gasteiger partial charge >= 0.3 is 0 Å². The molecule has 2 bridgehead atoms. The third-order valence-electron chi connectivity index (χ3n) is 5.86. The van der Waals surface area contributed by atoms with Gasteiger partial charge in [-0.25, -0.2) is 0 Å². The smallest absolute Gasteiger partial charge is 0.237 e. The van der Waals surface area contributed by atoms with Gasteiger partial charge in [0, 0.05) is 6.04 Å². The Morgan fingerprint density at radius 2 is 2.11 bits per heavy atom. The first-order valence-electron chi connectivity index (χ1n) is 8.19. The second-order valence-electron chi connectivity index (χ2n) is 7.19. The molecule has 108 valence electrons. The molecule has 0 aromatic rings. The van der Waals surface area contributed by atoms with E-state index in [1.165, 1.54) is 38.5 Å². The Balaban J connectivity index is 1.54. The maximum Gasteiger partial charge on any atom is 0.237 e. The van der Waals surface area contributed by atoms with Gasteiger partial charge < -0.3 is 10.6 Å². The quantitative estimate of drug-likeness (QED) is 0.821. The Kier molecular flexibility index (Phi) is 3.84. The van der Waals surface area contributed by atoms with E-state index in [1.807, 2.05) is 0 Å². The number of nitrogens with one attached hydrogen (secondary N) is 2. The summed E-state index contributed by atoms with van der Waals surface area (Å²) in [5, 5.41) is 6.69. The highest BCUT2D eigenvalue weighted by Gasteiger charge is 2.42. The fourth-order valence-electron chi connectivity index (χ4n) is 4.73. The molecule has 2 N–H and O–H groups in total. The number of carbonyl (C=O) groups excluding carboxylic acids is 1. The summed E-state index contributed by atoms with van der Waals surface area (Å²) in [4.78, 5) is 12.4. The van der Waals surface area contributed by atoms with Crippen LogP contribution in [0.5, 0.6) is 0 Å². The van der Waals surface area contributed by atoms with Gasteiger partial charge in [-0.15, -0.1) is 0 Å². The van der Waals surface area contributed by atoms with Gasteiger partial charge in [-0.2, -0.15) is 0 Å². The zero-order chi connectivity index (χ0) is 13.4. The van der Waals surface area contributed by atoms with E-state index in [0.29, 0.717) is 12.0 Å². The zero-order valence-electron chi connectivity index (χ0n) is 12.3. The molecule has 0 radical (unpaired) electrons. The Hall–Kier alpha value is -0.570. The standard InChI is InChI=1S/C16H28N2O/c1-10-4-3-7-17-15(10)16(19)18-11(2)14-9-12-5-6-13(14)8-12/h10-15,17H,3-9H2,1-2H3,(H,18,19). The molecular formula is C16H28N2O. The second-order valence-corrected chi connectivity index (χ2v) is 7.19. The van der Waals surface area contributed by atoms with Gasteiger partial charge in [0.2, 0.25) is 5.91 Å². The van der Waals surface area contributed by atoms with Crippen molar-refractivity contribution >= 4 is 5.91 Å². The van der Waals surface area contributed by atoms with Crippen LogP contribution in [-0.4, -0.2) is 24.5 Å². The van der Waals surface area contributed by atoms with Gasteiger partial charge in [0.25, 0.3) is 0 Å². The van der Waals surface area contributed by atoms with Crippen molar-refractivity contribution in [2.24, 2.45) is 23.7 Å². The van der Waals surface area contributed by atoms with Gasteiger partial charge in [-0.05, 0) is 69.2 Å². The van der Waals surface area contributed by atoms with Crippen LogP contribution in [0.1, 0.15) is 52.4 Å². The molecule has 0 aromatic heterocycles. The fraction of sp³-hybridized carbons (Fsp3) is 0.938. The van der Waals surface area contributed by atoms with E-state index in [0.717, 1.165) is 24.3 Å². The Labute approximate surface area is 116 Å². The number of carbonyl (C=O) groups is 1. The lowest BCUT2D eigenvalue weighted by atomic mass is 9.83. The largest absolute Gasteiger partial charge is 0.352 e. The van der Waals surface area contributed by atoms with Gasteiger partial charge in [0.15, 0.2) is 0 Å². The van der Waals surface area contributed by atoms with E-state index in [2.05, 4.69) is 24.5 Å². The molecular weight excluding hydrogens is 236 g/mol. The lowest BCUT2D eigenvalue weighted by molar-refractivity contribution is -0.125. The van der Waals surface area contributed by atoms with Crippen molar-refractivity contribution in [1.82, 2.24) is 10.6 Å². The number of rotatable bonds is 3. The summed E-state index contributed by atoms with van der Waals surface area (Å²) >= 11 is 0. The predicted molar refractivity (Wildman–Crippen MR) is 76.7 cm³/mol. The van der Waals surface area contributed by atoms with Crippen LogP contribution in [0.2, 0.25) is 0 Å². The van der Waals surface area contributed by atoms with Gasteiger partial charge in [0.1, 0.15) is 0 Å². The first kappa shape index (κ1) is 13.4. The molecule has 3 aliphatic rings. The number of hydrogen-bond donors (Lipinski definition) is 2. The van der Waals surface area contributed by atoms with Crippen LogP contribution in [0, 0.1) is 23.7 Å². The number of fused-ring (bicyclic) bond motifs is 2. The molecule has 0 spiro atoms. The molecule has 3 fully saturated rings. The fourth-order valence-corrected chi connectivity index (χ4v) is 4.73. The second kappa shape index (κ2) is 5.43. The highest BCUT2D eigenvalue weighted by atomic mass is 16.2. The van der Waals surface area contributed by atoms with Crippen LogP contribution in [0.4, 0.5) is 0 Å². The average molecular weight is 264 g/mol. The third kappa shape index (κ3) is 2.67. The van der Waals surface area contributed by atoms with E-state index >= 15 is 0 Å². The first-order valence-corrected chi connectivity index (χ1v) is 8.19. The summed E-state index contributed by atoms with van der Waals surface area (Å²) in [6.45, 7) is 5.40. The van der Waals surface area contributed by atoms with Gasteiger partial charge in [-0.3, -0.25) is 4.79 Å². The van der Waals surface area contributed by atoms with E-state index < -0.39 is 0 Å². The van der Waals surface area contributed by atoms with Gasteiger partial charge in [0.05, 0.1) is 6.04 Å². The molecule has 0 aromatic carbocycles. The summed E-state index contributed by atoms with van der Waals surface area (Å²) < 4.78 is 0. The van der Waals surface area contributed by atoms with Crippen molar-refractivity contribution in [2.45, 2.75) is 64.5 Å². The molecule has 3 heteroatoms. The van der Waals surface area contributed by atoms with Gasteiger partial charge in [-0.1, -0.05) is 13.3 Å². The predicted octanol–water partition coefficient (Wildman–Crippen LogP) is 2.32. The molecule has 3 rings (SSSR count). The van der Waals surface area contributed by atoms with Crippen molar-refractivity contribution in [3.63, 3.8) is 0 Å².